The van der Waals surface area contributed by atoms with Gasteiger partial charge in [-0.2, -0.15) is 5.84 Å². The van der Waals surface area contributed by atoms with Crippen LogP contribution < -0.4 is 5.84 Å². The highest BCUT2D eigenvalue weighted by Crippen LogP contribution is 2.22. The Kier molecular flexibility index (Phi) is 3.71. The van der Waals surface area contributed by atoms with E-state index in [9.17, 15) is 0 Å². The summed E-state index contributed by atoms with van der Waals surface area (Å²) >= 11 is 0. The Morgan fingerprint density at radius 3 is 2.23 bits per heavy atom. The van der Waals surface area contributed by atoms with Crippen LogP contribution in [0.1, 0.15) is 26.7 Å². The van der Waals surface area contributed by atoms with E-state index in [0.29, 0.717) is 0 Å². The Hall–Kier alpha value is -0.120. The molecule has 0 saturated carbocycles. The fraction of sp³-hybridized carbons (Fsp3) is 1.00. The first kappa shape index (κ1) is 11.0. The van der Waals surface area contributed by atoms with Crippen LogP contribution in [0.4, 0.5) is 0 Å². The van der Waals surface area contributed by atoms with Crippen molar-refractivity contribution in [3.63, 3.8) is 0 Å². The van der Waals surface area contributed by atoms with Crippen LogP contribution in [0.3, 0.4) is 0 Å². The highest BCUT2D eigenvalue weighted by atomic mass is 15.6. The van der Waals surface area contributed by atoms with Gasteiger partial charge in [-0.1, -0.05) is 13.8 Å². The van der Waals surface area contributed by atoms with Crippen molar-refractivity contribution >= 4 is 0 Å². The molecule has 3 rings (SSSR count). The number of piperidine rings is 1. The van der Waals surface area contributed by atoms with Crippen molar-refractivity contribution in [2.45, 2.75) is 32.7 Å². The lowest BCUT2D eigenvalue weighted by molar-refractivity contribution is -0.940. The summed E-state index contributed by atoms with van der Waals surface area (Å²) in [6.07, 6.45) is 2.60. The predicted octanol–water partition coefficient (Wildman–Crippen LogP) is 0.811. The Labute approximate surface area is 82.1 Å². The lowest BCUT2D eigenvalue weighted by Gasteiger charge is -2.35. The molecule has 0 spiro atoms. The van der Waals surface area contributed by atoms with Gasteiger partial charge in [0.15, 0.2) is 0 Å². The van der Waals surface area contributed by atoms with Crippen molar-refractivity contribution in [3.8, 4) is 0 Å². The molecular formula is C10H24N3+. The molecule has 0 aromatic heterocycles. The van der Waals surface area contributed by atoms with Gasteiger partial charge in [0.05, 0.1) is 13.1 Å². The van der Waals surface area contributed by atoms with Gasteiger partial charge < -0.3 is 0 Å². The van der Waals surface area contributed by atoms with Crippen molar-refractivity contribution in [2.24, 2.45) is 5.84 Å². The van der Waals surface area contributed by atoms with Crippen LogP contribution in [0.2, 0.25) is 0 Å². The first-order valence-electron chi connectivity index (χ1n) is 5.55. The molecule has 3 aliphatic rings. The summed E-state index contributed by atoms with van der Waals surface area (Å²) in [4.78, 5) is 2.47. The van der Waals surface area contributed by atoms with E-state index >= 15 is 0 Å². The van der Waals surface area contributed by atoms with Gasteiger partial charge in [-0.25, -0.2) is 4.59 Å². The lowest BCUT2D eigenvalue weighted by atomic mass is 10.1. The molecule has 78 valence electrons. The van der Waals surface area contributed by atoms with Gasteiger partial charge in [0, 0.05) is 25.4 Å². The SMILES string of the molecule is CC.CN1CC[N+]2(N)CCC1CC2. The molecule has 3 nitrogen and oxygen atoms in total. The molecule has 0 radical (unpaired) electrons. The highest BCUT2D eigenvalue weighted by molar-refractivity contribution is 4.75. The second-order valence-corrected chi connectivity index (χ2v) is 4.10. The van der Waals surface area contributed by atoms with E-state index in [1.54, 1.807) is 0 Å². The molecule has 3 aliphatic heterocycles. The molecule has 0 unspecified atom stereocenters. The van der Waals surface area contributed by atoms with Gasteiger partial charge in [-0.05, 0) is 7.05 Å². The van der Waals surface area contributed by atoms with E-state index in [2.05, 4.69) is 11.9 Å². The standard InChI is InChI=1S/C8H18N3.C2H6/c1-10-4-7-11(9)5-2-8(10)3-6-11;1-2/h8H,2-7,9H2,1H3;1-2H3/q+1;. The summed E-state index contributed by atoms with van der Waals surface area (Å²) in [5.74, 6) is 6.17. The Balaban J connectivity index is 0.000000396. The van der Waals surface area contributed by atoms with Gasteiger partial charge in [0.25, 0.3) is 0 Å². The minimum absolute atomic E-state index is 0.826. The molecular weight excluding hydrogens is 162 g/mol. The minimum atomic E-state index is 0.826. The minimum Gasteiger partial charge on any atom is -0.297 e. The Morgan fingerprint density at radius 1 is 1.15 bits per heavy atom. The largest absolute Gasteiger partial charge is 0.297 e. The number of nitrogens with zero attached hydrogens (tertiary/aromatic N) is 2. The Bertz CT molecular complexity index is 150. The number of nitrogens with two attached hydrogens (primary N) is 1. The molecule has 0 aliphatic carbocycles. The van der Waals surface area contributed by atoms with Crippen LogP contribution in [0.15, 0.2) is 0 Å². The number of fused-ring (bicyclic) bond motifs is 4. The van der Waals surface area contributed by atoms with Gasteiger partial charge in [0.2, 0.25) is 0 Å². The molecule has 2 bridgehead atoms. The van der Waals surface area contributed by atoms with E-state index in [-0.39, 0.29) is 0 Å². The first-order chi connectivity index (χ1) is 6.20. The number of quaternary nitrogens is 1. The van der Waals surface area contributed by atoms with Crippen LogP contribution in [-0.4, -0.2) is 48.8 Å². The van der Waals surface area contributed by atoms with E-state index in [1.165, 1.54) is 32.5 Å². The quantitative estimate of drug-likeness (QED) is 0.448. The second-order valence-electron chi connectivity index (χ2n) is 4.10. The van der Waals surface area contributed by atoms with Gasteiger partial charge in [-0.3, -0.25) is 4.90 Å². The normalized spacial score (nSPS) is 39.2. The summed E-state index contributed by atoms with van der Waals surface area (Å²) in [5, 5.41) is 0. The van der Waals surface area contributed by atoms with Crippen molar-refractivity contribution < 1.29 is 4.59 Å². The third-order valence-corrected chi connectivity index (χ3v) is 3.34. The summed E-state index contributed by atoms with van der Waals surface area (Å²) < 4.78 is 0.834. The maximum Gasteiger partial charge on any atom is 0.109 e. The molecule has 3 fully saturated rings. The fourth-order valence-corrected chi connectivity index (χ4v) is 2.27. The molecule has 3 heterocycles. The number of likely N-dealkylation sites (N-methyl/N-ethyl adjacent to an activating group) is 1. The molecule has 0 aromatic rings. The van der Waals surface area contributed by atoms with Crippen molar-refractivity contribution in [1.29, 1.82) is 0 Å². The van der Waals surface area contributed by atoms with E-state index in [4.69, 9.17) is 5.84 Å². The van der Waals surface area contributed by atoms with Gasteiger partial charge in [-0.15, -0.1) is 0 Å². The van der Waals surface area contributed by atoms with Crippen LogP contribution in [-0.2, 0) is 0 Å². The smallest absolute Gasteiger partial charge is 0.109 e. The third kappa shape index (κ3) is 2.42. The summed E-state index contributed by atoms with van der Waals surface area (Å²) in [5.41, 5.74) is 0. The van der Waals surface area contributed by atoms with Gasteiger partial charge in [0.1, 0.15) is 6.54 Å². The summed E-state index contributed by atoms with van der Waals surface area (Å²) in [7, 11) is 2.23. The molecule has 3 heteroatoms. The topological polar surface area (TPSA) is 29.3 Å². The van der Waals surface area contributed by atoms with E-state index in [1.807, 2.05) is 13.8 Å². The fourth-order valence-electron chi connectivity index (χ4n) is 2.27. The summed E-state index contributed by atoms with van der Waals surface area (Å²) in [6, 6.07) is 0.826. The average molecular weight is 186 g/mol. The zero-order valence-electron chi connectivity index (χ0n) is 9.29. The molecule has 0 aromatic carbocycles. The van der Waals surface area contributed by atoms with Crippen LogP contribution in [0.25, 0.3) is 0 Å². The maximum atomic E-state index is 6.17. The molecule has 13 heavy (non-hydrogen) atoms. The zero-order chi connectivity index (χ0) is 9.90. The van der Waals surface area contributed by atoms with Crippen LogP contribution in [0, 0.1) is 0 Å². The maximum absolute atomic E-state index is 6.17. The van der Waals surface area contributed by atoms with Crippen LogP contribution in [0.5, 0.6) is 0 Å². The van der Waals surface area contributed by atoms with E-state index < -0.39 is 0 Å². The van der Waals surface area contributed by atoms with Crippen molar-refractivity contribution in [3.05, 3.63) is 0 Å². The monoisotopic (exact) mass is 186 g/mol. The number of hydrogen-bond acceptors (Lipinski definition) is 2. The average Bonchev–Trinajstić information content (AvgIpc) is 2.39. The molecule has 0 atom stereocenters. The Morgan fingerprint density at radius 2 is 1.69 bits per heavy atom. The van der Waals surface area contributed by atoms with E-state index in [0.717, 1.165) is 17.2 Å². The lowest BCUT2D eigenvalue weighted by Crippen LogP contribution is -2.58. The summed E-state index contributed by atoms with van der Waals surface area (Å²) in [6.45, 7) is 8.71. The zero-order valence-corrected chi connectivity index (χ0v) is 9.29. The highest BCUT2D eigenvalue weighted by Gasteiger charge is 2.36. The van der Waals surface area contributed by atoms with Crippen molar-refractivity contribution in [2.75, 3.05) is 33.2 Å². The second kappa shape index (κ2) is 4.40. The first-order valence-corrected chi connectivity index (χ1v) is 5.55. The third-order valence-electron chi connectivity index (χ3n) is 3.34. The number of hydrogen-bond donors (Lipinski definition) is 1. The molecule has 3 saturated heterocycles. The predicted molar refractivity (Wildman–Crippen MR) is 56.0 cm³/mol. The van der Waals surface area contributed by atoms with Gasteiger partial charge >= 0.3 is 0 Å². The van der Waals surface area contributed by atoms with Crippen molar-refractivity contribution in [1.82, 2.24) is 4.90 Å². The number of rotatable bonds is 0. The van der Waals surface area contributed by atoms with Crippen LogP contribution >= 0.6 is 0 Å². The molecule has 0 amide bonds. The molecule has 2 N–H and O–H groups in total.